The van der Waals surface area contributed by atoms with Gasteiger partial charge in [-0.25, -0.2) is 14.2 Å². The molecule has 0 bridgehead atoms. The summed E-state index contributed by atoms with van der Waals surface area (Å²) in [6, 6.07) is 4.18. The summed E-state index contributed by atoms with van der Waals surface area (Å²) < 4.78 is 30.7. The van der Waals surface area contributed by atoms with E-state index in [2.05, 4.69) is 44.1 Å². The van der Waals surface area contributed by atoms with Gasteiger partial charge in [0.05, 0.1) is 11.5 Å². The van der Waals surface area contributed by atoms with Gasteiger partial charge in [0.15, 0.2) is 5.82 Å². The Labute approximate surface area is 288 Å². The van der Waals surface area contributed by atoms with Crippen molar-refractivity contribution in [1.29, 1.82) is 0 Å². The molecule has 1 spiro atoms. The summed E-state index contributed by atoms with van der Waals surface area (Å²) in [5.41, 5.74) is 0.213. The number of benzene rings is 1. The number of anilines is 1. The minimum atomic E-state index is -0.951. The Balaban J connectivity index is 1.33. The standard InChI is InChI=1S/C35H52FN7O6/c1-9-43(24(6)7)32(44)27-17-26(36)12-13-29(27)49-31-30(38-21-39-40-31)41-16-14-35(18-41)19-42(20-35)28(22(2)3)11-10-15-37-34(46)48-25(8)47-33(45)23(4)5/h12-13,17,21-25,28H,9-11,14-16,18-20H2,1-8H3,(H,37,46)/t25?,28-/m1/s1. The van der Waals surface area contributed by atoms with Crippen LogP contribution in [0.15, 0.2) is 24.5 Å². The van der Waals surface area contributed by atoms with Gasteiger partial charge in [-0.2, -0.15) is 0 Å². The number of ether oxygens (including phenoxy) is 3. The Bertz CT molecular complexity index is 1450. The number of carbonyl (C=O) groups is 3. The monoisotopic (exact) mass is 685 g/mol. The topological polar surface area (TPSA) is 139 Å². The van der Waals surface area contributed by atoms with E-state index in [1.165, 1.54) is 31.5 Å². The second kappa shape index (κ2) is 16.6. The molecule has 1 N–H and O–H groups in total. The molecule has 2 aliphatic heterocycles. The lowest BCUT2D eigenvalue weighted by molar-refractivity contribution is -0.168. The number of hydrogen-bond acceptors (Lipinski definition) is 11. The van der Waals surface area contributed by atoms with Crippen molar-refractivity contribution in [3.8, 4) is 11.6 Å². The summed E-state index contributed by atoms with van der Waals surface area (Å²) >= 11 is 0. The average Bonchev–Trinajstić information content (AvgIpc) is 3.47. The predicted molar refractivity (Wildman–Crippen MR) is 182 cm³/mol. The zero-order chi connectivity index (χ0) is 35.9. The number of likely N-dealkylation sites (tertiary alicyclic amines) is 1. The molecular formula is C35H52FN7O6. The van der Waals surface area contributed by atoms with Crippen LogP contribution in [0.1, 0.15) is 85.0 Å². The minimum Gasteiger partial charge on any atom is -0.434 e. The number of nitrogens with zero attached hydrogens (tertiary/aromatic N) is 6. The third-order valence-electron chi connectivity index (χ3n) is 9.20. The fourth-order valence-corrected chi connectivity index (χ4v) is 6.68. The number of esters is 1. The van der Waals surface area contributed by atoms with Gasteiger partial charge in [-0.1, -0.05) is 27.7 Å². The van der Waals surface area contributed by atoms with Crippen LogP contribution in [0.3, 0.4) is 0 Å². The van der Waals surface area contributed by atoms with E-state index in [9.17, 15) is 18.8 Å². The maximum absolute atomic E-state index is 14.3. The van der Waals surface area contributed by atoms with Gasteiger partial charge in [0.1, 0.15) is 17.9 Å². The van der Waals surface area contributed by atoms with Crippen LogP contribution in [0.5, 0.6) is 11.6 Å². The highest BCUT2D eigenvalue weighted by molar-refractivity contribution is 5.97. The van der Waals surface area contributed by atoms with Gasteiger partial charge in [0, 0.05) is 63.7 Å². The quantitative estimate of drug-likeness (QED) is 0.149. The van der Waals surface area contributed by atoms with E-state index in [1.54, 1.807) is 18.7 Å². The number of rotatable bonds is 15. The van der Waals surface area contributed by atoms with Gasteiger partial charge in [0.25, 0.3) is 11.8 Å². The fourth-order valence-electron chi connectivity index (χ4n) is 6.68. The first-order chi connectivity index (χ1) is 23.2. The Kier molecular flexibility index (Phi) is 12.8. The molecule has 1 unspecified atom stereocenters. The number of alkyl carbamates (subject to hydrolysis) is 1. The molecule has 270 valence electrons. The molecule has 2 aromatic rings. The lowest BCUT2D eigenvalue weighted by Gasteiger charge is -2.53. The molecule has 2 amide bonds. The highest BCUT2D eigenvalue weighted by Gasteiger charge is 2.50. The first-order valence-electron chi connectivity index (χ1n) is 17.3. The summed E-state index contributed by atoms with van der Waals surface area (Å²) in [6.07, 6.45) is 2.49. The Morgan fingerprint density at radius 3 is 2.45 bits per heavy atom. The molecule has 1 aromatic carbocycles. The molecule has 13 nitrogen and oxygen atoms in total. The molecule has 2 atom stereocenters. The highest BCUT2D eigenvalue weighted by Crippen LogP contribution is 2.44. The zero-order valence-corrected chi connectivity index (χ0v) is 30.1. The van der Waals surface area contributed by atoms with Crippen molar-refractivity contribution in [2.24, 2.45) is 17.3 Å². The molecule has 0 aliphatic carbocycles. The number of hydrogen-bond donors (Lipinski definition) is 1. The molecule has 4 rings (SSSR count). The number of carbonyl (C=O) groups excluding carboxylic acids is 3. The Morgan fingerprint density at radius 2 is 1.80 bits per heavy atom. The van der Waals surface area contributed by atoms with E-state index >= 15 is 0 Å². The van der Waals surface area contributed by atoms with Crippen molar-refractivity contribution in [3.63, 3.8) is 0 Å². The van der Waals surface area contributed by atoms with Crippen LogP contribution in [0, 0.1) is 23.1 Å². The largest absolute Gasteiger partial charge is 0.434 e. The second-order valence-corrected chi connectivity index (χ2v) is 14.0. The zero-order valence-electron chi connectivity index (χ0n) is 30.1. The minimum absolute atomic E-state index is 0.0706. The maximum Gasteiger partial charge on any atom is 0.410 e. The van der Waals surface area contributed by atoms with Gasteiger partial charge in [-0.3, -0.25) is 14.5 Å². The number of nitrogens with one attached hydrogen (secondary N) is 1. The lowest BCUT2D eigenvalue weighted by Crippen LogP contribution is -2.62. The summed E-state index contributed by atoms with van der Waals surface area (Å²) in [6.45, 7) is 19.4. The van der Waals surface area contributed by atoms with Crippen LogP contribution in [0.2, 0.25) is 0 Å². The van der Waals surface area contributed by atoms with E-state index in [1.807, 2.05) is 20.8 Å². The van der Waals surface area contributed by atoms with Gasteiger partial charge in [0.2, 0.25) is 6.29 Å². The van der Waals surface area contributed by atoms with Gasteiger partial charge in [-0.15, -0.1) is 10.2 Å². The van der Waals surface area contributed by atoms with Crippen LogP contribution >= 0.6 is 0 Å². The van der Waals surface area contributed by atoms with E-state index < -0.39 is 24.2 Å². The van der Waals surface area contributed by atoms with E-state index in [0.717, 1.165) is 45.4 Å². The smallest absolute Gasteiger partial charge is 0.410 e. The van der Waals surface area contributed by atoms with Crippen LogP contribution in [0.4, 0.5) is 15.0 Å². The van der Waals surface area contributed by atoms with Crippen molar-refractivity contribution >= 4 is 23.8 Å². The summed E-state index contributed by atoms with van der Waals surface area (Å²) in [5, 5.41) is 10.9. The molecular weight excluding hydrogens is 633 g/mol. The van der Waals surface area contributed by atoms with E-state index in [-0.39, 0.29) is 40.5 Å². The molecule has 2 fully saturated rings. The van der Waals surface area contributed by atoms with Crippen molar-refractivity contribution in [2.45, 2.75) is 93.0 Å². The van der Waals surface area contributed by atoms with Crippen molar-refractivity contribution in [2.75, 3.05) is 44.2 Å². The molecule has 49 heavy (non-hydrogen) atoms. The average molecular weight is 686 g/mol. The molecule has 3 heterocycles. The lowest BCUT2D eigenvalue weighted by atomic mass is 9.76. The van der Waals surface area contributed by atoms with Crippen LogP contribution < -0.4 is 15.0 Å². The Hall–Kier alpha value is -4.07. The first kappa shape index (κ1) is 37.7. The number of halogens is 1. The van der Waals surface area contributed by atoms with Gasteiger partial charge < -0.3 is 29.3 Å². The SMILES string of the molecule is CCN(C(=O)c1cc(F)ccc1Oc1nncnc1N1CCC2(C1)CN([C@H](CCCNC(=O)OC(C)OC(=O)C(C)C)C(C)C)C2)C(C)C. The molecule has 14 heteroatoms. The molecule has 1 aromatic heterocycles. The van der Waals surface area contributed by atoms with Crippen molar-refractivity contribution in [1.82, 2.24) is 30.3 Å². The molecule has 2 saturated heterocycles. The fraction of sp³-hybridized carbons (Fsp3) is 0.657. The third kappa shape index (κ3) is 9.55. The molecule has 0 radical (unpaired) electrons. The van der Waals surface area contributed by atoms with Gasteiger partial charge >= 0.3 is 12.1 Å². The van der Waals surface area contributed by atoms with Crippen molar-refractivity contribution < 1.29 is 33.0 Å². The summed E-state index contributed by atoms with van der Waals surface area (Å²) in [5.74, 6) is -0.240. The third-order valence-corrected chi connectivity index (χ3v) is 9.20. The van der Waals surface area contributed by atoms with Gasteiger partial charge in [-0.05, 0) is 64.2 Å². The molecule has 0 saturated carbocycles. The normalized spacial score (nSPS) is 16.9. The van der Waals surface area contributed by atoms with E-state index in [0.29, 0.717) is 30.9 Å². The molecule has 2 aliphatic rings. The number of amides is 2. The van der Waals surface area contributed by atoms with Crippen LogP contribution in [0.25, 0.3) is 0 Å². The van der Waals surface area contributed by atoms with E-state index in [4.69, 9.17) is 14.2 Å². The first-order valence-corrected chi connectivity index (χ1v) is 17.3. The summed E-state index contributed by atoms with van der Waals surface area (Å²) in [4.78, 5) is 48.1. The second-order valence-electron chi connectivity index (χ2n) is 14.0. The highest BCUT2D eigenvalue weighted by atomic mass is 19.1. The van der Waals surface area contributed by atoms with Crippen molar-refractivity contribution in [3.05, 3.63) is 35.9 Å². The van der Waals surface area contributed by atoms with Crippen LogP contribution in [-0.4, -0.2) is 101 Å². The van der Waals surface area contributed by atoms with Crippen LogP contribution in [-0.2, 0) is 14.3 Å². The number of aromatic nitrogens is 3. The Morgan fingerprint density at radius 1 is 1.06 bits per heavy atom. The predicted octanol–water partition coefficient (Wildman–Crippen LogP) is 5.26. The summed E-state index contributed by atoms with van der Waals surface area (Å²) in [7, 11) is 0. The maximum atomic E-state index is 14.3.